The summed E-state index contributed by atoms with van der Waals surface area (Å²) in [5.74, 6) is -0.582. The molecule has 44 heavy (non-hydrogen) atoms. The van der Waals surface area contributed by atoms with E-state index < -0.39 is 31.6 Å². The molecule has 11 heteroatoms. The number of carbonyl (C=O) groups excluding carboxylic acids is 2. The molecule has 2 saturated heterocycles. The number of hydrogen-bond acceptors (Lipinski definition) is 6. The molecular formula is C33H42FN5O4Si. The Hall–Kier alpha value is -3.41. The predicted molar refractivity (Wildman–Crippen MR) is 169 cm³/mol. The van der Waals surface area contributed by atoms with Crippen LogP contribution in [0.3, 0.4) is 0 Å². The van der Waals surface area contributed by atoms with E-state index in [1.165, 1.54) is 0 Å². The molecule has 234 valence electrons. The summed E-state index contributed by atoms with van der Waals surface area (Å²) >= 11 is 0. The Morgan fingerprint density at radius 1 is 1.07 bits per heavy atom. The second-order valence-corrected chi connectivity index (χ2v) is 16.7. The smallest absolute Gasteiger partial charge is 0.268 e. The minimum absolute atomic E-state index is 0.0153. The molecule has 1 N–H and O–H groups in total. The lowest BCUT2D eigenvalue weighted by Crippen LogP contribution is -2.44. The number of rotatable bonds is 8. The standard InChI is InChI=1S/C33H42FN5O4Si/c1-23-31(44(2,3)34)29(16-19-37-22-24(17-20-40)35-36-37)43-33(23)27-21-26(38-18-10-5-4-9-13-30(38)41)14-15-28(27)39(32(33)42)25-11-7-6-8-12-25/h6-8,11-12,14-15,21-23,29,31,40H,4-5,9-10,13,16-20H2,1-3H3/t23-,29+,31-,33+/m0/s1. The van der Waals surface area contributed by atoms with Gasteiger partial charge in [-0.15, -0.1) is 5.10 Å². The molecule has 2 amide bonds. The van der Waals surface area contributed by atoms with Gasteiger partial charge in [0.05, 0.1) is 17.5 Å². The van der Waals surface area contributed by atoms with E-state index in [0.29, 0.717) is 49.3 Å². The molecule has 0 aliphatic carbocycles. The first-order chi connectivity index (χ1) is 21.1. The highest BCUT2D eigenvalue weighted by Gasteiger charge is 2.67. The van der Waals surface area contributed by atoms with Crippen LogP contribution in [0.4, 0.5) is 21.2 Å². The van der Waals surface area contributed by atoms with Crippen LogP contribution in [-0.4, -0.2) is 59.6 Å². The van der Waals surface area contributed by atoms with Crippen molar-refractivity contribution >= 4 is 37.3 Å². The van der Waals surface area contributed by atoms with Crippen LogP contribution in [0.5, 0.6) is 0 Å². The molecule has 0 unspecified atom stereocenters. The van der Waals surface area contributed by atoms with Gasteiger partial charge in [-0.25, -0.2) is 0 Å². The van der Waals surface area contributed by atoms with Crippen LogP contribution in [0.15, 0.2) is 54.7 Å². The first kappa shape index (κ1) is 30.6. The van der Waals surface area contributed by atoms with Crippen LogP contribution in [0, 0.1) is 5.92 Å². The van der Waals surface area contributed by atoms with Gasteiger partial charge in [-0.2, -0.15) is 0 Å². The molecule has 9 nitrogen and oxygen atoms in total. The number of aliphatic hydroxyl groups excluding tert-OH is 1. The average Bonchev–Trinajstić information content (AvgIpc) is 3.63. The maximum absolute atomic E-state index is 16.3. The SMILES string of the molecule is C[C@H]1[C@H]([Si](C)(C)F)[C@@H](CCn2cc(CCO)nn2)O[C@]12C(=O)N(c1ccccc1)c1ccc(N3CCCCCCC3=O)cc12. The van der Waals surface area contributed by atoms with Crippen LogP contribution >= 0.6 is 0 Å². The molecule has 0 saturated carbocycles. The van der Waals surface area contributed by atoms with Gasteiger partial charge in [0.15, 0.2) is 5.60 Å². The van der Waals surface area contributed by atoms with Crippen molar-refractivity contribution in [3.8, 4) is 0 Å². The topological polar surface area (TPSA) is 101 Å². The first-order valence-electron chi connectivity index (χ1n) is 15.9. The van der Waals surface area contributed by atoms with Gasteiger partial charge in [-0.3, -0.25) is 19.2 Å². The zero-order valence-electron chi connectivity index (χ0n) is 25.8. The number of halogens is 1. The number of carbonyl (C=O) groups is 2. The van der Waals surface area contributed by atoms with Crippen molar-refractivity contribution in [1.82, 2.24) is 15.0 Å². The van der Waals surface area contributed by atoms with E-state index in [1.807, 2.05) is 60.4 Å². The lowest BCUT2D eigenvalue weighted by molar-refractivity contribution is -0.145. The lowest BCUT2D eigenvalue weighted by Gasteiger charge is -2.31. The maximum Gasteiger partial charge on any atom is 0.268 e. The third kappa shape index (κ3) is 5.39. The van der Waals surface area contributed by atoms with Crippen LogP contribution in [0.25, 0.3) is 0 Å². The second-order valence-electron chi connectivity index (χ2n) is 12.9. The Morgan fingerprint density at radius 3 is 2.59 bits per heavy atom. The van der Waals surface area contributed by atoms with Gasteiger partial charge in [0.2, 0.25) is 14.3 Å². The number of hydrogen-bond donors (Lipinski definition) is 1. The van der Waals surface area contributed by atoms with Gasteiger partial charge in [0.25, 0.3) is 5.91 Å². The number of benzene rings is 2. The summed E-state index contributed by atoms with van der Waals surface area (Å²) in [7, 11) is -3.35. The monoisotopic (exact) mass is 619 g/mol. The molecule has 3 aromatic rings. The third-order valence-corrected chi connectivity index (χ3v) is 12.1. The largest absolute Gasteiger partial charge is 0.396 e. The van der Waals surface area contributed by atoms with E-state index in [4.69, 9.17) is 4.74 Å². The van der Waals surface area contributed by atoms with Crippen molar-refractivity contribution in [1.29, 1.82) is 0 Å². The molecule has 2 fully saturated rings. The third-order valence-electron chi connectivity index (χ3n) is 9.60. The highest BCUT2D eigenvalue weighted by atomic mass is 28.4. The molecule has 6 rings (SSSR count). The number of aryl methyl sites for hydroxylation is 1. The van der Waals surface area contributed by atoms with Gasteiger partial charge < -0.3 is 18.9 Å². The maximum atomic E-state index is 16.3. The number of para-hydroxylation sites is 1. The number of nitrogens with zero attached hydrogens (tertiary/aromatic N) is 5. The summed E-state index contributed by atoms with van der Waals surface area (Å²) in [4.78, 5) is 31.6. The Labute approximate surface area is 259 Å². The second kappa shape index (κ2) is 12.2. The highest BCUT2D eigenvalue weighted by molar-refractivity contribution is 6.72. The summed E-state index contributed by atoms with van der Waals surface area (Å²) in [6.07, 6.45) is 6.55. The number of anilines is 3. The minimum Gasteiger partial charge on any atom is -0.396 e. The quantitative estimate of drug-likeness (QED) is 0.258. The number of fused-ring (bicyclic) bond motifs is 2. The van der Waals surface area contributed by atoms with E-state index >= 15 is 4.11 Å². The van der Waals surface area contributed by atoms with E-state index in [9.17, 15) is 14.7 Å². The van der Waals surface area contributed by atoms with Gasteiger partial charge in [0.1, 0.15) is 0 Å². The van der Waals surface area contributed by atoms with Crippen LogP contribution < -0.4 is 9.80 Å². The predicted octanol–water partition coefficient (Wildman–Crippen LogP) is 5.65. The fourth-order valence-corrected chi connectivity index (χ4v) is 10.1. The highest BCUT2D eigenvalue weighted by Crippen LogP contribution is 2.61. The first-order valence-corrected chi connectivity index (χ1v) is 18.8. The van der Waals surface area contributed by atoms with E-state index in [2.05, 4.69) is 10.3 Å². The Kier molecular flexibility index (Phi) is 8.47. The molecule has 1 spiro atoms. The number of amides is 2. The van der Waals surface area contributed by atoms with E-state index in [-0.39, 0.29) is 18.4 Å². The summed E-state index contributed by atoms with van der Waals surface area (Å²) in [5, 5.41) is 17.6. The number of aliphatic hydroxyl groups is 1. The van der Waals surface area contributed by atoms with Gasteiger partial charge in [-0.1, -0.05) is 43.2 Å². The van der Waals surface area contributed by atoms with Crippen molar-refractivity contribution < 1.29 is 23.5 Å². The molecule has 0 radical (unpaired) electrons. The molecule has 1 aromatic heterocycles. The van der Waals surface area contributed by atoms with Crippen molar-refractivity contribution in [2.24, 2.45) is 5.92 Å². The summed E-state index contributed by atoms with van der Waals surface area (Å²) in [6.45, 7) is 6.41. The van der Waals surface area contributed by atoms with Crippen LogP contribution in [0.1, 0.15) is 56.7 Å². The van der Waals surface area contributed by atoms with Crippen molar-refractivity contribution in [2.75, 3.05) is 23.0 Å². The Morgan fingerprint density at radius 2 is 1.84 bits per heavy atom. The Bertz CT molecular complexity index is 1510. The summed E-state index contributed by atoms with van der Waals surface area (Å²) in [5.41, 5.74) is 1.71. The van der Waals surface area contributed by atoms with E-state index in [0.717, 1.165) is 37.1 Å². The minimum atomic E-state index is -3.35. The summed E-state index contributed by atoms with van der Waals surface area (Å²) in [6, 6.07) is 15.3. The van der Waals surface area contributed by atoms with Crippen molar-refractivity contribution in [3.05, 3.63) is 66.0 Å². The van der Waals surface area contributed by atoms with Crippen LogP contribution in [-0.2, 0) is 32.9 Å². The fraction of sp³-hybridized carbons (Fsp3) is 0.515. The van der Waals surface area contributed by atoms with Gasteiger partial charge in [0, 0.05) is 67.1 Å². The van der Waals surface area contributed by atoms with Crippen molar-refractivity contribution in [2.45, 2.75) is 88.8 Å². The normalized spacial score (nSPS) is 25.9. The van der Waals surface area contributed by atoms with Gasteiger partial charge >= 0.3 is 0 Å². The van der Waals surface area contributed by atoms with Crippen molar-refractivity contribution in [3.63, 3.8) is 0 Å². The van der Waals surface area contributed by atoms with Crippen LogP contribution in [0.2, 0.25) is 18.6 Å². The molecular weight excluding hydrogens is 577 g/mol. The Balaban J connectivity index is 1.42. The molecule has 4 atom stereocenters. The molecule has 0 bridgehead atoms. The van der Waals surface area contributed by atoms with Gasteiger partial charge in [-0.05, 0) is 62.7 Å². The lowest BCUT2D eigenvalue weighted by atomic mass is 9.82. The zero-order chi connectivity index (χ0) is 31.1. The fourth-order valence-electron chi connectivity index (χ4n) is 7.60. The summed E-state index contributed by atoms with van der Waals surface area (Å²) < 4.78 is 24.9. The van der Waals surface area contributed by atoms with E-state index in [1.54, 1.807) is 28.9 Å². The molecule has 3 aliphatic heterocycles. The average molecular weight is 620 g/mol. The number of aromatic nitrogens is 3. The molecule has 3 aliphatic rings. The molecule has 4 heterocycles. The zero-order valence-corrected chi connectivity index (χ0v) is 26.8. The number of ether oxygens (including phenoxy) is 1. The molecule has 2 aromatic carbocycles.